The Balaban J connectivity index is 1.85. The van der Waals surface area contributed by atoms with Gasteiger partial charge < -0.3 is 30.7 Å². The van der Waals surface area contributed by atoms with Crippen LogP contribution in [0.15, 0.2) is 42.6 Å². The summed E-state index contributed by atoms with van der Waals surface area (Å²) in [5, 5.41) is 41.4. The lowest BCUT2D eigenvalue weighted by Gasteiger charge is -2.15. The number of aromatic amines is 1. The van der Waals surface area contributed by atoms with Crippen molar-refractivity contribution in [1.29, 1.82) is 0 Å². The van der Waals surface area contributed by atoms with Crippen LogP contribution in [0.4, 0.5) is 0 Å². The molecule has 8 nitrogen and oxygen atoms in total. The number of nitrogens with one attached hydrogen (secondary N) is 2. The first-order valence-electron chi connectivity index (χ1n) is 7.70. The number of rotatable bonds is 5. The first-order valence-corrected chi connectivity index (χ1v) is 7.70. The summed E-state index contributed by atoms with van der Waals surface area (Å²) in [4.78, 5) is 26.9. The van der Waals surface area contributed by atoms with Crippen LogP contribution >= 0.6 is 0 Å². The second-order valence-corrected chi connectivity index (χ2v) is 5.79. The molecule has 2 aromatic carbocycles. The highest BCUT2D eigenvalue weighted by atomic mass is 16.4. The Kier molecular flexibility index (Phi) is 4.40. The summed E-state index contributed by atoms with van der Waals surface area (Å²) < 4.78 is 0. The van der Waals surface area contributed by atoms with Crippen LogP contribution in [0.1, 0.15) is 15.9 Å². The average molecular weight is 356 g/mol. The molecule has 134 valence electrons. The quantitative estimate of drug-likeness (QED) is 0.411. The molecule has 3 aromatic rings. The molecule has 0 bridgehead atoms. The predicted octanol–water partition coefficient (Wildman–Crippen LogP) is 1.71. The van der Waals surface area contributed by atoms with E-state index in [1.165, 1.54) is 0 Å². The zero-order valence-corrected chi connectivity index (χ0v) is 13.4. The van der Waals surface area contributed by atoms with Gasteiger partial charge in [-0.1, -0.05) is 18.2 Å². The van der Waals surface area contributed by atoms with Gasteiger partial charge in [0.25, 0.3) is 5.91 Å². The van der Waals surface area contributed by atoms with Crippen molar-refractivity contribution in [3.8, 4) is 17.2 Å². The third-order valence-corrected chi connectivity index (χ3v) is 4.01. The Labute approximate surface area is 147 Å². The van der Waals surface area contributed by atoms with E-state index >= 15 is 0 Å². The molecule has 1 atom stereocenters. The van der Waals surface area contributed by atoms with Gasteiger partial charge in [0.1, 0.15) is 28.9 Å². The molecule has 0 saturated carbocycles. The number of H-pyrrole nitrogens is 1. The number of amides is 1. The Morgan fingerprint density at radius 1 is 1.08 bits per heavy atom. The molecule has 8 heteroatoms. The first-order chi connectivity index (χ1) is 12.4. The lowest BCUT2D eigenvalue weighted by atomic mass is 10.0. The third-order valence-electron chi connectivity index (χ3n) is 4.01. The van der Waals surface area contributed by atoms with Crippen molar-refractivity contribution < 1.29 is 30.0 Å². The van der Waals surface area contributed by atoms with E-state index in [4.69, 9.17) is 0 Å². The maximum atomic E-state index is 12.3. The second-order valence-electron chi connectivity index (χ2n) is 5.79. The van der Waals surface area contributed by atoms with Gasteiger partial charge >= 0.3 is 5.97 Å². The fourth-order valence-corrected chi connectivity index (χ4v) is 2.78. The fourth-order valence-electron chi connectivity index (χ4n) is 2.78. The van der Waals surface area contributed by atoms with Crippen molar-refractivity contribution in [3.05, 3.63) is 53.7 Å². The minimum atomic E-state index is -1.28. The number of carbonyl (C=O) groups is 2. The number of aliphatic carboxylic acids is 1. The number of para-hydroxylation sites is 1. The monoisotopic (exact) mass is 356 g/mol. The zero-order valence-electron chi connectivity index (χ0n) is 13.4. The smallest absolute Gasteiger partial charge is 0.326 e. The molecule has 1 heterocycles. The van der Waals surface area contributed by atoms with E-state index in [1.807, 2.05) is 24.3 Å². The number of hydrogen-bond acceptors (Lipinski definition) is 5. The van der Waals surface area contributed by atoms with Crippen molar-refractivity contribution in [2.24, 2.45) is 0 Å². The van der Waals surface area contributed by atoms with Gasteiger partial charge in [0, 0.05) is 35.7 Å². The summed E-state index contributed by atoms with van der Waals surface area (Å²) in [6, 6.07) is 7.82. The molecule has 0 aliphatic rings. The average Bonchev–Trinajstić information content (AvgIpc) is 2.96. The molecule has 26 heavy (non-hydrogen) atoms. The van der Waals surface area contributed by atoms with E-state index in [9.17, 15) is 30.0 Å². The molecular formula is C18H16N2O6. The molecule has 0 aliphatic heterocycles. The van der Waals surface area contributed by atoms with Crippen LogP contribution in [0.5, 0.6) is 17.2 Å². The SMILES string of the molecule is O=C(N[C@@H](Cc1c[nH]c2ccccc12)C(=O)O)c1c(O)cc(O)cc1O. The molecule has 0 fully saturated rings. The lowest BCUT2D eigenvalue weighted by molar-refractivity contribution is -0.139. The van der Waals surface area contributed by atoms with Gasteiger partial charge in [0.15, 0.2) is 0 Å². The number of hydrogen-bond donors (Lipinski definition) is 6. The number of carboxylic acid groups (broad SMARTS) is 1. The Hall–Kier alpha value is -3.68. The van der Waals surface area contributed by atoms with E-state index in [-0.39, 0.29) is 6.42 Å². The molecule has 0 spiro atoms. The minimum Gasteiger partial charge on any atom is -0.508 e. The molecule has 0 aliphatic carbocycles. The van der Waals surface area contributed by atoms with Crippen molar-refractivity contribution in [2.75, 3.05) is 0 Å². The lowest BCUT2D eigenvalue weighted by Crippen LogP contribution is -2.42. The van der Waals surface area contributed by atoms with Crippen LogP contribution in [0.3, 0.4) is 0 Å². The fraction of sp³-hybridized carbons (Fsp3) is 0.111. The summed E-state index contributed by atoms with van der Waals surface area (Å²) in [6.07, 6.45) is 1.67. The predicted molar refractivity (Wildman–Crippen MR) is 92.3 cm³/mol. The molecule has 0 unspecified atom stereocenters. The Morgan fingerprint density at radius 2 is 1.73 bits per heavy atom. The van der Waals surface area contributed by atoms with Crippen molar-refractivity contribution in [2.45, 2.75) is 12.5 Å². The van der Waals surface area contributed by atoms with Crippen LogP contribution in [0, 0.1) is 0 Å². The van der Waals surface area contributed by atoms with Crippen LogP contribution in [-0.4, -0.2) is 43.3 Å². The van der Waals surface area contributed by atoms with E-state index in [0.29, 0.717) is 5.56 Å². The maximum absolute atomic E-state index is 12.3. The summed E-state index contributed by atoms with van der Waals surface area (Å²) in [7, 11) is 0. The largest absolute Gasteiger partial charge is 0.508 e. The number of benzene rings is 2. The molecular weight excluding hydrogens is 340 g/mol. The van der Waals surface area contributed by atoms with E-state index in [0.717, 1.165) is 23.0 Å². The summed E-state index contributed by atoms with van der Waals surface area (Å²) in [6.45, 7) is 0. The van der Waals surface area contributed by atoms with Crippen LogP contribution in [0.2, 0.25) is 0 Å². The van der Waals surface area contributed by atoms with E-state index in [2.05, 4.69) is 10.3 Å². The number of aromatic nitrogens is 1. The van der Waals surface area contributed by atoms with Crippen LogP contribution in [0.25, 0.3) is 10.9 Å². The number of carbonyl (C=O) groups excluding carboxylic acids is 1. The number of phenolic OH excluding ortho intramolecular Hbond substituents is 3. The summed E-state index contributed by atoms with van der Waals surface area (Å²) in [5.74, 6) is -3.97. The highest BCUT2D eigenvalue weighted by Crippen LogP contribution is 2.31. The second kappa shape index (κ2) is 6.67. The standard InChI is InChI=1S/C18H16N2O6/c21-10-6-14(22)16(15(23)7-10)17(24)20-13(18(25)26)5-9-8-19-12-4-2-1-3-11(9)12/h1-4,6-8,13,19,21-23H,5H2,(H,20,24)(H,25,26)/t13-/m0/s1. The molecule has 1 amide bonds. The molecule has 1 aromatic heterocycles. The Bertz CT molecular complexity index is 971. The van der Waals surface area contributed by atoms with Crippen LogP contribution in [-0.2, 0) is 11.2 Å². The van der Waals surface area contributed by atoms with Gasteiger partial charge in [0.2, 0.25) is 0 Å². The van der Waals surface area contributed by atoms with Crippen molar-refractivity contribution in [3.63, 3.8) is 0 Å². The van der Waals surface area contributed by atoms with Gasteiger partial charge in [-0.3, -0.25) is 4.79 Å². The number of phenols is 3. The zero-order chi connectivity index (χ0) is 18.8. The normalized spacial score (nSPS) is 12.0. The highest BCUT2D eigenvalue weighted by molar-refractivity contribution is 6.01. The van der Waals surface area contributed by atoms with Crippen molar-refractivity contribution in [1.82, 2.24) is 10.3 Å². The highest BCUT2D eigenvalue weighted by Gasteiger charge is 2.25. The summed E-state index contributed by atoms with van der Waals surface area (Å²) >= 11 is 0. The molecule has 0 radical (unpaired) electrons. The van der Waals surface area contributed by atoms with Gasteiger partial charge in [-0.05, 0) is 11.6 Å². The number of fused-ring (bicyclic) bond motifs is 1. The molecule has 3 rings (SSSR count). The minimum absolute atomic E-state index is 0.00466. The van der Waals surface area contributed by atoms with Crippen LogP contribution < -0.4 is 5.32 Å². The molecule has 0 saturated heterocycles. The van der Waals surface area contributed by atoms with Gasteiger partial charge in [-0.25, -0.2) is 4.79 Å². The topological polar surface area (TPSA) is 143 Å². The summed E-state index contributed by atoms with van der Waals surface area (Å²) in [5.41, 5.74) is 1.03. The van der Waals surface area contributed by atoms with E-state index < -0.39 is 40.7 Å². The van der Waals surface area contributed by atoms with E-state index in [1.54, 1.807) is 6.20 Å². The number of aromatic hydroxyl groups is 3. The van der Waals surface area contributed by atoms with Gasteiger partial charge in [-0.15, -0.1) is 0 Å². The Morgan fingerprint density at radius 3 is 2.38 bits per heavy atom. The molecule has 6 N–H and O–H groups in total. The first kappa shape index (κ1) is 17.2. The maximum Gasteiger partial charge on any atom is 0.326 e. The number of carboxylic acids is 1. The van der Waals surface area contributed by atoms with Gasteiger partial charge in [0.05, 0.1) is 0 Å². The van der Waals surface area contributed by atoms with Crippen molar-refractivity contribution >= 4 is 22.8 Å². The third kappa shape index (κ3) is 3.25. The van der Waals surface area contributed by atoms with Gasteiger partial charge in [-0.2, -0.15) is 0 Å².